The van der Waals surface area contributed by atoms with Gasteiger partial charge in [-0.3, -0.25) is 23.5 Å². The number of para-hydroxylation sites is 1. The Balaban J connectivity index is 1.92. The zero-order valence-corrected chi connectivity index (χ0v) is 23.1. The maximum atomic E-state index is 13.3. The highest BCUT2D eigenvalue weighted by Crippen LogP contribution is 2.48. The minimum Gasteiger partial charge on any atom is -0.494 e. The molecule has 37 heavy (non-hydrogen) atoms. The van der Waals surface area contributed by atoms with Crippen molar-refractivity contribution < 1.29 is 5.11 Å². The molecule has 0 atom stereocenters. The van der Waals surface area contributed by atoms with Crippen molar-refractivity contribution in [2.45, 2.75) is 78.8 Å². The molecule has 0 bridgehead atoms. The summed E-state index contributed by atoms with van der Waals surface area (Å²) < 4.78 is 2.94. The van der Waals surface area contributed by atoms with Crippen LogP contribution in [0.15, 0.2) is 44.3 Å². The number of anilines is 1. The monoisotopic (exact) mass is 521 g/mol. The fourth-order valence-electron chi connectivity index (χ4n) is 5.44. The number of hydrogen-bond donors (Lipinski definition) is 1. The number of unbranched alkanes of at least 4 members (excludes halogenated alkanes) is 3. The van der Waals surface area contributed by atoms with E-state index in [1.165, 1.54) is 9.13 Å². The van der Waals surface area contributed by atoms with Crippen LogP contribution in [0.5, 0.6) is 5.88 Å². The van der Waals surface area contributed by atoms with Gasteiger partial charge < -0.3 is 10.0 Å². The lowest BCUT2D eigenvalue weighted by Gasteiger charge is -2.28. The van der Waals surface area contributed by atoms with Crippen LogP contribution in [0.4, 0.5) is 5.69 Å². The Morgan fingerprint density at radius 2 is 1.59 bits per heavy atom. The fourth-order valence-corrected chi connectivity index (χ4v) is 5.87. The average Bonchev–Trinajstić information content (AvgIpc) is 3.09. The van der Waals surface area contributed by atoms with Crippen LogP contribution in [-0.2, 0) is 18.5 Å². The van der Waals surface area contributed by atoms with Crippen LogP contribution in [-0.4, -0.2) is 20.8 Å². The lowest BCUT2D eigenvalue weighted by Crippen LogP contribution is -2.39. The van der Waals surface area contributed by atoms with Crippen LogP contribution in [0.1, 0.15) is 71.4 Å². The maximum absolute atomic E-state index is 13.3. The molecule has 0 amide bonds. The van der Waals surface area contributed by atoms with E-state index in [0.29, 0.717) is 6.54 Å². The first kappa shape index (κ1) is 26.8. The third-order valence-corrected chi connectivity index (χ3v) is 7.99. The van der Waals surface area contributed by atoms with Crippen LogP contribution >= 0.6 is 12.2 Å². The van der Waals surface area contributed by atoms with Gasteiger partial charge in [0.1, 0.15) is 5.56 Å². The van der Waals surface area contributed by atoms with Crippen molar-refractivity contribution in [2.75, 3.05) is 11.4 Å². The fraction of sp³-hybridized carbons (Fsp3) is 0.448. The lowest BCUT2D eigenvalue weighted by atomic mass is 9.82. The zero-order valence-electron chi connectivity index (χ0n) is 22.3. The number of rotatable bonds is 9. The van der Waals surface area contributed by atoms with E-state index in [1.807, 2.05) is 12.1 Å². The van der Waals surface area contributed by atoms with Crippen LogP contribution in [0.3, 0.4) is 0 Å². The second-order valence-electron chi connectivity index (χ2n) is 10.1. The molecule has 0 spiro atoms. The van der Waals surface area contributed by atoms with E-state index in [9.17, 15) is 19.5 Å². The molecule has 8 heteroatoms. The molecule has 2 aromatic carbocycles. The van der Waals surface area contributed by atoms with Crippen LogP contribution < -0.4 is 21.3 Å². The summed E-state index contributed by atoms with van der Waals surface area (Å²) >= 11 is 5.39. The summed E-state index contributed by atoms with van der Waals surface area (Å²) in [4.78, 5) is 41.4. The van der Waals surface area contributed by atoms with Gasteiger partial charge in [0.15, 0.2) is 4.77 Å². The molecule has 196 valence electrons. The summed E-state index contributed by atoms with van der Waals surface area (Å²) in [6.07, 6.45) is 6.14. The topological polar surface area (TPSA) is 84.5 Å². The molecular formula is C29H35N3O4S. The Labute approximate surface area is 222 Å². The van der Waals surface area contributed by atoms with E-state index >= 15 is 0 Å². The van der Waals surface area contributed by atoms with Gasteiger partial charge in [0.25, 0.3) is 5.56 Å². The summed E-state index contributed by atoms with van der Waals surface area (Å²) in [5, 5.41) is 11.0. The van der Waals surface area contributed by atoms with E-state index in [0.717, 1.165) is 49.2 Å². The van der Waals surface area contributed by atoms with Gasteiger partial charge in [-0.2, -0.15) is 0 Å². The first-order chi connectivity index (χ1) is 17.6. The molecule has 4 rings (SSSR count). The summed E-state index contributed by atoms with van der Waals surface area (Å²) in [6, 6.07) is 8.19. The van der Waals surface area contributed by atoms with Gasteiger partial charge in [-0.25, -0.2) is 0 Å². The highest BCUT2D eigenvalue weighted by molar-refractivity contribution is 7.71. The summed E-state index contributed by atoms with van der Waals surface area (Å²) in [5.41, 5.74) is 0.722. The minimum absolute atomic E-state index is 0.0305. The number of hydrogen-bond acceptors (Lipinski definition) is 6. The lowest BCUT2D eigenvalue weighted by molar-refractivity contribution is 0.403. The molecule has 1 aliphatic heterocycles. The minimum atomic E-state index is -0.760. The normalized spacial score (nSPS) is 15.6. The van der Waals surface area contributed by atoms with Gasteiger partial charge in [0, 0.05) is 42.0 Å². The van der Waals surface area contributed by atoms with Crippen molar-refractivity contribution in [3.05, 3.63) is 76.7 Å². The molecule has 7 nitrogen and oxygen atoms in total. The largest absolute Gasteiger partial charge is 0.494 e. The number of benzene rings is 1. The predicted molar refractivity (Wildman–Crippen MR) is 152 cm³/mol. The van der Waals surface area contributed by atoms with Gasteiger partial charge in [-0.1, -0.05) is 58.2 Å². The SMILES string of the molecule is CCCCCCN1/C(=C/c2c(-c3c(O)n(CC)c(=S)n(CC)c3=O)c(=O)c2=O)C(C)(C)c2ccccc21. The second kappa shape index (κ2) is 10.2. The smallest absolute Gasteiger partial charge is 0.266 e. The number of allylic oxidation sites excluding steroid dienone is 1. The van der Waals surface area contributed by atoms with E-state index in [2.05, 4.69) is 37.8 Å². The van der Waals surface area contributed by atoms with E-state index in [4.69, 9.17) is 12.2 Å². The number of fused-ring (bicyclic) bond motifs is 1. The van der Waals surface area contributed by atoms with Gasteiger partial charge in [0.2, 0.25) is 16.7 Å². The summed E-state index contributed by atoms with van der Waals surface area (Å²) in [6.45, 7) is 11.3. The van der Waals surface area contributed by atoms with Crippen molar-refractivity contribution in [3.8, 4) is 17.0 Å². The van der Waals surface area contributed by atoms with Crippen LogP contribution in [0.2, 0.25) is 0 Å². The van der Waals surface area contributed by atoms with Crippen molar-refractivity contribution in [1.29, 1.82) is 0 Å². The molecule has 0 aliphatic carbocycles. The Hall–Kier alpha value is -3.26. The van der Waals surface area contributed by atoms with E-state index in [1.54, 1.807) is 19.9 Å². The predicted octanol–water partition coefficient (Wildman–Crippen LogP) is 5.11. The molecule has 1 aliphatic rings. The Bertz CT molecular complexity index is 1570. The molecule has 0 fully saturated rings. The molecule has 1 aromatic heterocycles. The highest BCUT2D eigenvalue weighted by atomic mass is 32.1. The van der Waals surface area contributed by atoms with Crippen molar-refractivity contribution >= 4 is 24.0 Å². The second-order valence-corrected chi connectivity index (χ2v) is 10.5. The van der Waals surface area contributed by atoms with E-state index < -0.39 is 21.8 Å². The molecule has 0 saturated carbocycles. The maximum Gasteiger partial charge on any atom is 0.266 e. The van der Waals surface area contributed by atoms with Crippen molar-refractivity contribution in [1.82, 2.24) is 9.13 Å². The van der Waals surface area contributed by atoms with Crippen LogP contribution in [0, 0.1) is 4.77 Å². The van der Waals surface area contributed by atoms with Gasteiger partial charge in [-0.15, -0.1) is 0 Å². The first-order valence-electron chi connectivity index (χ1n) is 13.1. The molecule has 0 unspecified atom stereocenters. The number of aromatic hydroxyl groups is 1. The van der Waals surface area contributed by atoms with Gasteiger partial charge >= 0.3 is 0 Å². The summed E-state index contributed by atoms with van der Waals surface area (Å²) in [7, 11) is 0. The third kappa shape index (κ3) is 4.21. The number of nitrogens with zero attached hydrogens (tertiary/aromatic N) is 3. The third-order valence-electron chi connectivity index (χ3n) is 7.55. The average molecular weight is 522 g/mol. The molecule has 2 heterocycles. The quantitative estimate of drug-likeness (QED) is 0.239. The van der Waals surface area contributed by atoms with Crippen molar-refractivity contribution in [2.24, 2.45) is 0 Å². The molecule has 1 N–H and O–H groups in total. The Kier molecular flexibility index (Phi) is 7.42. The Morgan fingerprint density at radius 3 is 2.24 bits per heavy atom. The van der Waals surface area contributed by atoms with Gasteiger partial charge in [0.05, 0.1) is 5.56 Å². The van der Waals surface area contributed by atoms with Gasteiger partial charge in [-0.05, 0) is 50.2 Å². The summed E-state index contributed by atoms with van der Waals surface area (Å²) in [5.74, 6) is -0.376. The standard InChI is InChI=1S/C29H35N3O4S/c1-6-9-10-13-16-32-20-15-12-11-14-19(20)29(4,5)21(32)17-18-22(25(34)24(18)33)23-26(35)30(7-2)28(37)31(8-3)27(23)36/h11-12,14-15,17,35H,6-10,13,16H2,1-5H3/b21-17+. The van der Waals surface area contributed by atoms with Crippen LogP contribution in [0.25, 0.3) is 17.2 Å². The van der Waals surface area contributed by atoms with Crippen molar-refractivity contribution in [3.63, 3.8) is 0 Å². The highest BCUT2D eigenvalue weighted by Gasteiger charge is 2.40. The molecule has 3 aromatic rings. The molecule has 0 saturated heterocycles. The molecule has 0 radical (unpaired) electrons. The molecular weight excluding hydrogens is 486 g/mol. The first-order valence-corrected chi connectivity index (χ1v) is 13.5. The number of aromatic nitrogens is 2. The Morgan fingerprint density at radius 1 is 0.919 bits per heavy atom. The zero-order chi connectivity index (χ0) is 27.1. The van der Waals surface area contributed by atoms with E-state index in [-0.39, 0.29) is 33.9 Å².